The van der Waals surface area contributed by atoms with Gasteiger partial charge in [0.25, 0.3) is 5.78 Å². The molecular formula is C17H12Cl3F4NO4. The summed E-state index contributed by atoms with van der Waals surface area (Å²) in [6.07, 6.45) is -6.37. The number of ether oxygens (including phenoxy) is 1. The molecule has 1 N–H and O–H groups in total. The summed E-state index contributed by atoms with van der Waals surface area (Å²) in [5.41, 5.74) is -2.22. The fourth-order valence-electron chi connectivity index (χ4n) is 2.59. The second kappa shape index (κ2) is 8.41. The number of rotatable bonds is 6. The molecule has 12 heteroatoms. The van der Waals surface area contributed by atoms with Crippen molar-refractivity contribution < 1.29 is 37.0 Å². The molecule has 1 atom stereocenters. The van der Waals surface area contributed by atoms with Crippen LogP contribution in [-0.2, 0) is 22.8 Å². The first-order valence-corrected chi connectivity index (χ1v) is 8.98. The normalized spacial score (nSPS) is 12.7. The highest BCUT2D eigenvalue weighted by Gasteiger charge is 2.40. The molecule has 2 rings (SSSR count). The molecule has 0 saturated carbocycles. The number of benzene rings is 1. The van der Waals surface area contributed by atoms with Crippen LogP contribution in [0.1, 0.15) is 19.0 Å². The van der Waals surface area contributed by atoms with Gasteiger partial charge in [-0.2, -0.15) is 13.2 Å². The molecule has 158 valence electrons. The van der Waals surface area contributed by atoms with Crippen molar-refractivity contribution in [1.82, 2.24) is 4.57 Å². The molecule has 0 aliphatic rings. The third-order valence-corrected chi connectivity index (χ3v) is 5.07. The Morgan fingerprint density at radius 1 is 1.24 bits per heavy atom. The van der Waals surface area contributed by atoms with Crippen LogP contribution in [0.25, 0.3) is 11.1 Å². The molecule has 0 fully saturated rings. The van der Waals surface area contributed by atoms with Gasteiger partial charge >= 0.3 is 12.1 Å². The van der Waals surface area contributed by atoms with Crippen LogP contribution in [0.2, 0.25) is 15.2 Å². The van der Waals surface area contributed by atoms with Gasteiger partial charge in [-0.1, -0.05) is 41.7 Å². The van der Waals surface area contributed by atoms with Gasteiger partial charge in [0.05, 0.1) is 10.0 Å². The van der Waals surface area contributed by atoms with E-state index in [0.717, 1.165) is 19.2 Å². The van der Waals surface area contributed by atoms with Crippen LogP contribution in [0.3, 0.4) is 0 Å². The number of hydrogen-bond acceptors (Lipinski definition) is 3. The van der Waals surface area contributed by atoms with E-state index in [4.69, 9.17) is 44.6 Å². The zero-order chi connectivity index (χ0) is 22.3. The van der Waals surface area contributed by atoms with Gasteiger partial charge in [0, 0.05) is 18.2 Å². The van der Waals surface area contributed by atoms with Crippen molar-refractivity contribution in [3.63, 3.8) is 0 Å². The summed E-state index contributed by atoms with van der Waals surface area (Å²) in [7, 11) is 1.00. The van der Waals surface area contributed by atoms with Crippen molar-refractivity contribution in [3.8, 4) is 16.9 Å². The average molecular weight is 477 g/mol. The number of alkyl halides is 3. The van der Waals surface area contributed by atoms with E-state index in [2.05, 4.69) is 0 Å². The third kappa shape index (κ3) is 4.46. The number of aromatic nitrogens is 1. The van der Waals surface area contributed by atoms with E-state index in [1.807, 2.05) is 0 Å². The minimum absolute atomic E-state index is 0.0563. The molecule has 0 bridgehead atoms. The quantitative estimate of drug-likeness (QED) is 0.434. The average Bonchev–Trinajstić information content (AvgIpc) is 2.83. The van der Waals surface area contributed by atoms with Crippen molar-refractivity contribution >= 4 is 46.6 Å². The monoisotopic (exact) mass is 475 g/mol. The molecule has 0 aliphatic heterocycles. The first kappa shape index (κ1) is 23.3. The van der Waals surface area contributed by atoms with Crippen LogP contribution < -0.4 is 4.74 Å². The summed E-state index contributed by atoms with van der Waals surface area (Å²) in [5, 5.41) is 7.15. The fourth-order valence-corrected chi connectivity index (χ4v) is 3.54. The molecule has 5 nitrogen and oxygen atoms in total. The molecule has 1 unspecified atom stereocenters. The van der Waals surface area contributed by atoms with Gasteiger partial charge in [-0.25, -0.2) is 9.18 Å². The van der Waals surface area contributed by atoms with Gasteiger partial charge < -0.3 is 14.4 Å². The number of carbonyl (C=O) groups excluding carboxylic acids is 1. The molecule has 2 aromatic rings. The summed E-state index contributed by atoms with van der Waals surface area (Å²) in [6, 6.07) is 1.64. The van der Waals surface area contributed by atoms with Gasteiger partial charge in [0.1, 0.15) is 22.4 Å². The van der Waals surface area contributed by atoms with Gasteiger partial charge in [-0.3, -0.25) is 4.79 Å². The predicted octanol–water partition coefficient (Wildman–Crippen LogP) is 5.62. The highest BCUT2D eigenvalue weighted by Crippen LogP contribution is 2.47. The summed E-state index contributed by atoms with van der Waals surface area (Å²) in [6.45, 7) is 1.46. The summed E-state index contributed by atoms with van der Waals surface area (Å²) < 4.78 is 60.1. The largest absolute Gasteiger partial charge is 0.480 e. The van der Waals surface area contributed by atoms with Gasteiger partial charge in [0.2, 0.25) is 0 Å². The molecule has 0 saturated heterocycles. The SMILES string of the molecule is CCC(Oc1cc(-c2c(Cl)c(C(F)(F)F)n(C)c2Cl)c(F)cc1Cl)C(=O)C(=O)O. The maximum Gasteiger partial charge on any atom is 0.432 e. The maximum absolute atomic E-state index is 14.5. The van der Waals surface area contributed by atoms with Crippen LogP contribution in [0, 0.1) is 5.82 Å². The Morgan fingerprint density at radius 3 is 2.28 bits per heavy atom. The lowest BCUT2D eigenvalue weighted by atomic mass is 10.1. The molecule has 0 radical (unpaired) electrons. The van der Waals surface area contributed by atoms with Gasteiger partial charge in [-0.15, -0.1) is 0 Å². The second-order valence-electron chi connectivity index (χ2n) is 5.83. The fraction of sp³-hybridized carbons (Fsp3) is 0.294. The number of nitrogens with zero attached hydrogens (tertiary/aromatic N) is 1. The van der Waals surface area contributed by atoms with Crippen LogP contribution in [0.4, 0.5) is 17.6 Å². The van der Waals surface area contributed by atoms with Crippen molar-refractivity contribution in [2.45, 2.75) is 25.6 Å². The molecule has 0 amide bonds. The summed E-state index contributed by atoms with van der Waals surface area (Å²) in [5.74, 6) is -4.40. The number of carboxylic acids is 1. The van der Waals surface area contributed by atoms with E-state index in [1.165, 1.54) is 6.92 Å². The third-order valence-electron chi connectivity index (χ3n) is 3.97. The predicted molar refractivity (Wildman–Crippen MR) is 98.2 cm³/mol. The Bertz CT molecular complexity index is 988. The van der Waals surface area contributed by atoms with E-state index in [1.54, 1.807) is 0 Å². The number of carbonyl (C=O) groups is 2. The topological polar surface area (TPSA) is 68.5 Å². The smallest absolute Gasteiger partial charge is 0.432 e. The minimum atomic E-state index is -4.86. The van der Waals surface area contributed by atoms with Gasteiger partial charge in [0.15, 0.2) is 6.10 Å². The van der Waals surface area contributed by atoms with Crippen LogP contribution >= 0.6 is 34.8 Å². The van der Waals surface area contributed by atoms with Crippen LogP contribution in [0.15, 0.2) is 12.1 Å². The second-order valence-corrected chi connectivity index (χ2v) is 6.97. The van der Waals surface area contributed by atoms with Crippen LogP contribution in [-0.4, -0.2) is 27.5 Å². The molecule has 1 aromatic heterocycles. The Hall–Kier alpha value is -1.97. The molecule has 29 heavy (non-hydrogen) atoms. The maximum atomic E-state index is 14.5. The van der Waals surface area contributed by atoms with Crippen molar-refractivity contribution in [2.75, 3.05) is 0 Å². The highest BCUT2D eigenvalue weighted by molar-refractivity contribution is 6.40. The molecular weight excluding hydrogens is 465 g/mol. The lowest BCUT2D eigenvalue weighted by molar-refractivity contribution is -0.152. The van der Waals surface area contributed by atoms with Crippen molar-refractivity contribution in [2.24, 2.45) is 7.05 Å². The molecule has 0 aliphatic carbocycles. The van der Waals surface area contributed by atoms with E-state index >= 15 is 0 Å². The summed E-state index contributed by atoms with van der Waals surface area (Å²) in [4.78, 5) is 22.5. The molecule has 1 heterocycles. The standard InChI is InChI=1S/C17H12Cl3F4NO4/c1-3-9(13(26)16(27)28)29-10-4-6(8(21)5-7(10)18)11-12(19)14(17(22,23)24)25(2)15(11)20/h4-5,9H,3H2,1-2H3,(H,27,28). The Kier molecular flexibility index (Phi) is 6.76. The number of aliphatic carboxylic acids is 1. The molecule has 1 aromatic carbocycles. The van der Waals surface area contributed by atoms with E-state index in [9.17, 15) is 27.2 Å². The Balaban J connectivity index is 2.64. The van der Waals surface area contributed by atoms with Crippen molar-refractivity contribution in [1.29, 1.82) is 0 Å². The van der Waals surface area contributed by atoms with Gasteiger partial charge in [-0.05, 0) is 18.6 Å². The Morgan fingerprint density at radius 2 is 1.83 bits per heavy atom. The zero-order valence-electron chi connectivity index (χ0n) is 14.7. The number of halogens is 7. The number of carboxylic acid groups (broad SMARTS) is 1. The lowest BCUT2D eigenvalue weighted by Crippen LogP contribution is -2.32. The van der Waals surface area contributed by atoms with E-state index in [0.29, 0.717) is 4.57 Å². The van der Waals surface area contributed by atoms with Crippen molar-refractivity contribution in [3.05, 3.63) is 38.8 Å². The minimum Gasteiger partial charge on any atom is -0.480 e. The number of hydrogen-bond donors (Lipinski definition) is 1. The lowest BCUT2D eigenvalue weighted by Gasteiger charge is -2.17. The molecule has 0 spiro atoms. The highest BCUT2D eigenvalue weighted by atomic mass is 35.5. The Labute approximate surface area is 176 Å². The van der Waals surface area contributed by atoms with Crippen LogP contribution in [0.5, 0.6) is 5.75 Å². The number of ketones is 1. The first-order valence-electron chi connectivity index (χ1n) is 7.85. The zero-order valence-corrected chi connectivity index (χ0v) is 17.0. The number of Topliss-reactive ketones (excluding diaryl/α,β-unsaturated/α-hetero) is 1. The van der Waals surface area contributed by atoms with E-state index in [-0.39, 0.29) is 17.2 Å². The first-order chi connectivity index (χ1) is 13.3. The van der Waals surface area contributed by atoms with E-state index < -0.39 is 56.8 Å². The summed E-state index contributed by atoms with van der Waals surface area (Å²) >= 11 is 17.7.